The van der Waals surface area contributed by atoms with Crippen LogP contribution in [0.4, 0.5) is 0 Å². The minimum Gasteiger partial charge on any atom is -0.251 e. The number of fused-ring (bicyclic) bond motifs is 2. The molecule has 3 fully saturated rings. The van der Waals surface area contributed by atoms with Gasteiger partial charge in [0.2, 0.25) is 0 Å². The lowest BCUT2D eigenvalue weighted by Gasteiger charge is -2.63. The van der Waals surface area contributed by atoms with Crippen molar-refractivity contribution in [2.75, 3.05) is 0 Å². The van der Waals surface area contributed by atoms with E-state index in [2.05, 4.69) is 25.3 Å². The molecule has 3 aliphatic carbocycles. The van der Waals surface area contributed by atoms with Crippen LogP contribution in [0.5, 0.6) is 0 Å². The van der Waals surface area contributed by atoms with E-state index < -0.39 is 0 Å². The van der Waals surface area contributed by atoms with Gasteiger partial charge in [-0.25, -0.2) is 4.89 Å². The highest BCUT2D eigenvalue weighted by Gasteiger charge is 2.64. The fourth-order valence-electron chi connectivity index (χ4n) is 2.85. The van der Waals surface area contributed by atoms with Crippen molar-refractivity contribution >= 4 is 0 Å². The Kier molecular flexibility index (Phi) is 1.46. The molecule has 3 aliphatic rings. The molecule has 0 aromatic rings. The lowest BCUT2D eigenvalue weighted by Crippen LogP contribution is -2.64. The maximum atomic E-state index is 8.88. The zero-order valence-electron chi connectivity index (χ0n) is 7.76. The summed E-state index contributed by atoms with van der Waals surface area (Å²) >= 11 is 0. The van der Waals surface area contributed by atoms with Crippen LogP contribution in [0.3, 0.4) is 0 Å². The van der Waals surface area contributed by atoms with E-state index in [-0.39, 0.29) is 11.0 Å². The van der Waals surface area contributed by atoms with Crippen molar-refractivity contribution in [1.82, 2.24) is 0 Å². The largest absolute Gasteiger partial charge is 0.251 e. The second-order valence-electron chi connectivity index (χ2n) is 4.72. The van der Waals surface area contributed by atoms with Crippen molar-refractivity contribution < 1.29 is 10.1 Å². The Hall–Kier alpha value is -0.340. The third kappa shape index (κ3) is 0.679. The van der Waals surface area contributed by atoms with E-state index in [1.54, 1.807) is 0 Å². The van der Waals surface area contributed by atoms with E-state index in [1.165, 1.54) is 5.57 Å². The van der Waals surface area contributed by atoms with E-state index in [0.717, 1.165) is 19.3 Å². The molecule has 0 radical (unpaired) electrons. The van der Waals surface area contributed by atoms with Gasteiger partial charge in [0.05, 0.1) is 0 Å². The van der Waals surface area contributed by atoms with E-state index in [1.807, 2.05) is 0 Å². The van der Waals surface area contributed by atoms with Crippen molar-refractivity contribution in [3.05, 3.63) is 12.2 Å². The zero-order valence-corrected chi connectivity index (χ0v) is 7.76. The lowest BCUT2D eigenvalue weighted by molar-refractivity contribution is -0.398. The normalized spacial score (nSPS) is 43.9. The summed E-state index contributed by atoms with van der Waals surface area (Å²) in [5.41, 5.74) is 1.15. The molecule has 2 bridgehead atoms. The van der Waals surface area contributed by atoms with Gasteiger partial charge >= 0.3 is 0 Å². The Bertz CT molecular complexity index is 228. The SMILES string of the molecule is C=C1CCC2(OO)CC1C2(C)C. The second-order valence-corrected chi connectivity index (χ2v) is 4.72. The molecule has 0 heterocycles. The molecule has 2 unspecified atom stereocenters. The molecule has 3 rings (SSSR count). The molecule has 0 spiro atoms. The van der Waals surface area contributed by atoms with Gasteiger partial charge in [0.1, 0.15) is 5.60 Å². The summed E-state index contributed by atoms with van der Waals surface area (Å²) in [4.78, 5) is 4.67. The average Bonchev–Trinajstić information content (AvgIpc) is 2.04. The standard InChI is InChI=1S/C10H16O2/c1-7-4-5-10(12-11)6-8(7)9(10,2)3/h8,11H,1,4-6H2,2-3H3. The first kappa shape index (κ1) is 8.27. The van der Waals surface area contributed by atoms with E-state index in [9.17, 15) is 0 Å². The quantitative estimate of drug-likeness (QED) is 0.370. The summed E-state index contributed by atoms with van der Waals surface area (Å²) in [6, 6.07) is 0. The summed E-state index contributed by atoms with van der Waals surface area (Å²) in [5.74, 6) is 0.554. The number of hydrogen-bond acceptors (Lipinski definition) is 2. The Labute approximate surface area is 73.2 Å². The maximum Gasteiger partial charge on any atom is 0.110 e. The van der Waals surface area contributed by atoms with Crippen LogP contribution < -0.4 is 0 Å². The van der Waals surface area contributed by atoms with E-state index >= 15 is 0 Å². The van der Waals surface area contributed by atoms with Gasteiger partial charge in [-0.2, -0.15) is 0 Å². The molecule has 0 aromatic carbocycles. The van der Waals surface area contributed by atoms with Crippen LogP contribution in [-0.2, 0) is 4.89 Å². The molecule has 2 nitrogen and oxygen atoms in total. The fourth-order valence-corrected chi connectivity index (χ4v) is 2.85. The maximum absolute atomic E-state index is 8.88. The highest BCUT2D eigenvalue weighted by atomic mass is 17.1. The first-order valence-corrected chi connectivity index (χ1v) is 4.54. The molecule has 0 saturated heterocycles. The van der Waals surface area contributed by atoms with Gasteiger partial charge in [-0.1, -0.05) is 26.0 Å². The summed E-state index contributed by atoms with van der Waals surface area (Å²) in [7, 11) is 0. The predicted molar refractivity (Wildman–Crippen MR) is 46.7 cm³/mol. The third-order valence-corrected chi connectivity index (χ3v) is 4.10. The second kappa shape index (κ2) is 2.12. The van der Waals surface area contributed by atoms with Crippen LogP contribution in [-0.4, -0.2) is 10.9 Å². The van der Waals surface area contributed by atoms with Crippen LogP contribution in [0.15, 0.2) is 12.2 Å². The highest BCUT2D eigenvalue weighted by molar-refractivity contribution is 5.26. The Balaban J connectivity index is 2.29. The monoisotopic (exact) mass is 168 g/mol. The minimum absolute atomic E-state index is 0.0804. The first-order valence-electron chi connectivity index (χ1n) is 4.54. The molecule has 3 saturated carbocycles. The van der Waals surface area contributed by atoms with Crippen LogP contribution in [0.25, 0.3) is 0 Å². The summed E-state index contributed by atoms with van der Waals surface area (Å²) in [6.45, 7) is 8.37. The Morgan fingerprint density at radius 1 is 1.58 bits per heavy atom. The van der Waals surface area contributed by atoms with Gasteiger partial charge in [0.25, 0.3) is 0 Å². The molecule has 0 aliphatic heterocycles. The molecule has 2 atom stereocenters. The zero-order chi connectivity index (χ0) is 8.98. The fraction of sp³-hybridized carbons (Fsp3) is 0.800. The first-order chi connectivity index (χ1) is 5.53. The van der Waals surface area contributed by atoms with Crippen LogP contribution in [0.1, 0.15) is 33.1 Å². The third-order valence-electron chi connectivity index (χ3n) is 4.10. The van der Waals surface area contributed by atoms with Crippen molar-refractivity contribution in [1.29, 1.82) is 0 Å². The van der Waals surface area contributed by atoms with Gasteiger partial charge < -0.3 is 0 Å². The summed E-state index contributed by atoms with van der Waals surface area (Å²) in [5, 5.41) is 8.88. The van der Waals surface area contributed by atoms with Crippen molar-refractivity contribution in [2.45, 2.75) is 38.7 Å². The number of allylic oxidation sites excluding steroid dienone is 1. The Morgan fingerprint density at radius 2 is 2.25 bits per heavy atom. The molecule has 68 valence electrons. The van der Waals surface area contributed by atoms with Crippen LogP contribution >= 0.6 is 0 Å². The minimum atomic E-state index is -0.265. The molecule has 0 amide bonds. The molecular weight excluding hydrogens is 152 g/mol. The van der Waals surface area contributed by atoms with Gasteiger partial charge in [-0.15, -0.1) is 0 Å². The Morgan fingerprint density at radius 3 is 2.67 bits per heavy atom. The predicted octanol–water partition coefficient (Wildman–Crippen LogP) is 2.61. The van der Waals surface area contributed by atoms with Crippen LogP contribution in [0, 0.1) is 11.3 Å². The topological polar surface area (TPSA) is 29.5 Å². The molecule has 2 heteroatoms. The highest BCUT2D eigenvalue weighted by Crippen LogP contribution is 2.64. The smallest absolute Gasteiger partial charge is 0.110 e. The average molecular weight is 168 g/mol. The molecule has 1 N–H and O–H groups in total. The molecular formula is C10H16O2. The van der Waals surface area contributed by atoms with Gasteiger partial charge in [-0.05, 0) is 25.2 Å². The van der Waals surface area contributed by atoms with Crippen LogP contribution in [0.2, 0.25) is 0 Å². The number of rotatable bonds is 1. The van der Waals surface area contributed by atoms with E-state index in [4.69, 9.17) is 5.26 Å². The van der Waals surface area contributed by atoms with Crippen molar-refractivity contribution in [3.8, 4) is 0 Å². The lowest BCUT2D eigenvalue weighted by atomic mass is 9.44. The van der Waals surface area contributed by atoms with Gasteiger partial charge in [0, 0.05) is 5.41 Å². The van der Waals surface area contributed by atoms with Gasteiger partial charge in [-0.3, -0.25) is 5.26 Å². The van der Waals surface area contributed by atoms with Gasteiger partial charge in [0.15, 0.2) is 0 Å². The van der Waals surface area contributed by atoms with Crippen molar-refractivity contribution in [2.24, 2.45) is 11.3 Å². The van der Waals surface area contributed by atoms with E-state index in [0.29, 0.717) is 5.92 Å². The molecule has 0 aromatic heterocycles. The summed E-state index contributed by atoms with van der Waals surface area (Å²) in [6.07, 6.45) is 2.88. The summed E-state index contributed by atoms with van der Waals surface area (Å²) < 4.78 is 0. The number of hydrogen-bond donors (Lipinski definition) is 1. The van der Waals surface area contributed by atoms with Crippen molar-refractivity contribution in [3.63, 3.8) is 0 Å². The molecule has 12 heavy (non-hydrogen) atoms.